The minimum atomic E-state index is 0.165. The molecule has 3 rings (SSSR count). The highest BCUT2D eigenvalue weighted by Gasteiger charge is 2.33. The molecule has 1 aliphatic carbocycles. The van der Waals surface area contributed by atoms with Gasteiger partial charge in [-0.2, -0.15) is 11.3 Å². The second kappa shape index (κ2) is 3.90. The summed E-state index contributed by atoms with van der Waals surface area (Å²) < 4.78 is 0. The summed E-state index contributed by atoms with van der Waals surface area (Å²) in [5.74, 6) is 0. The topological polar surface area (TPSA) is 38.9 Å². The van der Waals surface area contributed by atoms with E-state index in [4.69, 9.17) is 10.7 Å². The van der Waals surface area contributed by atoms with Crippen molar-refractivity contribution in [2.75, 3.05) is 0 Å². The van der Waals surface area contributed by atoms with E-state index in [1.807, 2.05) is 0 Å². The molecule has 1 atom stereocenters. The van der Waals surface area contributed by atoms with Crippen molar-refractivity contribution >= 4 is 22.7 Å². The number of thiophene rings is 1. The summed E-state index contributed by atoms with van der Waals surface area (Å²) in [6.07, 6.45) is 2.11. The van der Waals surface area contributed by atoms with Crippen LogP contribution in [0.1, 0.15) is 36.9 Å². The zero-order valence-electron chi connectivity index (χ0n) is 10.1. The Balaban J connectivity index is 2.04. The van der Waals surface area contributed by atoms with Gasteiger partial charge in [0.1, 0.15) is 5.01 Å². The van der Waals surface area contributed by atoms with Crippen LogP contribution in [0.15, 0.2) is 16.8 Å². The zero-order valence-corrected chi connectivity index (χ0v) is 11.7. The van der Waals surface area contributed by atoms with Crippen molar-refractivity contribution in [3.63, 3.8) is 0 Å². The monoisotopic (exact) mass is 264 g/mol. The average molecular weight is 264 g/mol. The number of hydrogen-bond acceptors (Lipinski definition) is 4. The summed E-state index contributed by atoms with van der Waals surface area (Å²) in [5.41, 5.74) is 9.00. The lowest BCUT2D eigenvalue weighted by Crippen LogP contribution is -2.28. The largest absolute Gasteiger partial charge is 0.323 e. The van der Waals surface area contributed by atoms with Crippen molar-refractivity contribution in [2.45, 2.75) is 32.7 Å². The highest BCUT2D eigenvalue weighted by molar-refractivity contribution is 7.15. The molecule has 2 heterocycles. The SMILES string of the molecule is CC1(C)Cc2nc(-c3ccsc3)sc2C(N)C1. The van der Waals surface area contributed by atoms with Crippen LogP contribution in [0.25, 0.3) is 10.6 Å². The van der Waals surface area contributed by atoms with E-state index in [9.17, 15) is 0 Å². The Morgan fingerprint density at radius 3 is 3.00 bits per heavy atom. The van der Waals surface area contributed by atoms with Gasteiger partial charge in [-0.3, -0.25) is 0 Å². The molecular formula is C13H16N2S2. The maximum Gasteiger partial charge on any atom is 0.124 e. The molecule has 0 aromatic carbocycles. The number of hydrogen-bond donors (Lipinski definition) is 1. The van der Waals surface area contributed by atoms with E-state index in [2.05, 4.69) is 30.7 Å². The number of fused-ring (bicyclic) bond motifs is 1. The standard InChI is InChI=1S/C13H16N2S2/c1-13(2)5-9(14)11-10(6-13)15-12(17-11)8-3-4-16-7-8/h3-4,7,9H,5-6,14H2,1-2H3. The minimum Gasteiger partial charge on any atom is -0.323 e. The van der Waals surface area contributed by atoms with Crippen LogP contribution in [0, 0.1) is 5.41 Å². The highest BCUT2D eigenvalue weighted by Crippen LogP contribution is 2.43. The number of aromatic nitrogens is 1. The molecule has 0 spiro atoms. The Kier molecular flexibility index (Phi) is 2.61. The second-order valence-corrected chi connectivity index (χ2v) is 7.30. The molecule has 0 saturated heterocycles. The van der Waals surface area contributed by atoms with Gasteiger partial charge in [0, 0.05) is 21.9 Å². The summed E-state index contributed by atoms with van der Waals surface area (Å²) >= 11 is 3.49. The summed E-state index contributed by atoms with van der Waals surface area (Å²) in [6.45, 7) is 4.55. The lowest BCUT2D eigenvalue weighted by atomic mass is 9.77. The fourth-order valence-electron chi connectivity index (χ4n) is 2.50. The third-order valence-electron chi connectivity index (χ3n) is 3.25. The van der Waals surface area contributed by atoms with Gasteiger partial charge >= 0.3 is 0 Å². The first-order chi connectivity index (χ1) is 8.05. The van der Waals surface area contributed by atoms with Gasteiger partial charge in [-0.05, 0) is 29.7 Å². The third kappa shape index (κ3) is 2.05. The summed E-state index contributed by atoms with van der Waals surface area (Å²) in [6, 6.07) is 2.30. The van der Waals surface area contributed by atoms with E-state index < -0.39 is 0 Å². The lowest BCUT2D eigenvalue weighted by Gasteiger charge is -2.32. The Morgan fingerprint density at radius 1 is 1.47 bits per heavy atom. The van der Waals surface area contributed by atoms with E-state index in [0.29, 0.717) is 0 Å². The van der Waals surface area contributed by atoms with Gasteiger partial charge < -0.3 is 5.73 Å². The Morgan fingerprint density at radius 2 is 2.29 bits per heavy atom. The molecule has 0 bridgehead atoms. The predicted octanol–water partition coefficient (Wildman–Crippen LogP) is 3.84. The van der Waals surface area contributed by atoms with Gasteiger partial charge in [0.15, 0.2) is 0 Å². The van der Waals surface area contributed by atoms with E-state index in [1.54, 1.807) is 22.7 Å². The second-order valence-electron chi connectivity index (χ2n) is 5.49. The van der Waals surface area contributed by atoms with Crippen LogP contribution in [0.5, 0.6) is 0 Å². The van der Waals surface area contributed by atoms with Crippen molar-refractivity contribution < 1.29 is 0 Å². The van der Waals surface area contributed by atoms with Crippen LogP contribution >= 0.6 is 22.7 Å². The molecule has 0 amide bonds. The zero-order chi connectivity index (χ0) is 12.0. The number of rotatable bonds is 1. The normalized spacial score (nSPS) is 22.4. The smallest absolute Gasteiger partial charge is 0.124 e. The summed E-state index contributed by atoms with van der Waals surface area (Å²) in [7, 11) is 0. The molecule has 2 aromatic heterocycles. The first-order valence-corrected chi connectivity index (χ1v) is 7.59. The van der Waals surface area contributed by atoms with E-state index in [1.165, 1.54) is 16.1 Å². The van der Waals surface area contributed by atoms with E-state index >= 15 is 0 Å². The summed E-state index contributed by atoms with van der Waals surface area (Å²) in [4.78, 5) is 6.08. The maximum atomic E-state index is 6.26. The number of nitrogens with two attached hydrogens (primary N) is 1. The quantitative estimate of drug-likeness (QED) is 0.850. The molecule has 1 unspecified atom stereocenters. The molecular weight excluding hydrogens is 248 g/mol. The van der Waals surface area contributed by atoms with Crippen LogP contribution < -0.4 is 5.73 Å². The predicted molar refractivity (Wildman–Crippen MR) is 74.5 cm³/mol. The molecule has 2 N–H and O–H groups in total. The van der Waals surface area contributed by atoms with Gasteiger partial charge in [-0.15, -0.1) is 11.3 Å². The highest BCUT2D eigenvalue weighted by atomic mass is 32.1. The Hall–Kier alpha value is -0.710. The van der Waals surface area contributed by atoms with Crippen molar-refractivity contribution in [2.24, 2.45) is 11.1 Å². The Labute approximate surface area is 110 Å². The van der Waals surface area contributed by atoms with Crippen LogP contribution in [0.3, 0.4) is 0 Å². The molecule has 0 radical (unpaired) electrons. The number of nitrogens with zero attached hydrogens (tertiary/aromatic N) is 1. The first kappa shape index (κ1) is 11.4. The first-order valence-electron chi connectivity index (χ1n) is 5.83. The van der Waals surface area contributed by atoms with Crippen LogP contribution in [0.4, 0.5) is 0 Å². The van der Waals surface area contributed by atoms with Crippen molar-refractivity contribution in [1.82, 2.24) is 4.98 Å². The molecule has 90 valence electrons. The van der Waals surface area contributed by atoms with Crippen LogP contribution in [0.2, 0.25) is 0 Å². The van der Waals surface area contributed by atoms with Crippen LogP contribution in [-0.2, 0) is 6.42 Å². The molecule has 0 saturated carbocycles. The summed E-state index contributed by atoms with van der Waals surface area (Å²) in [5, 5.41) is 5.38. The minimum absolute atomic E-state index is 0.165. The van der Waals surface area contributed by atoms with Crippen molar-refractivity contribution in [1.29, 1.82) is 0 Å². The van der Waals surface area contributed by atoms with Gasteiger partial charge in [-0.25, -0.2) is 4.98 Å². The fraction of sp³-hybridized carbons (Fsp3) is 0.462. The average Bonchev–Trinajstić information content (AvgIpc) is 2.81. The molecule has 4 heteroatoms. The molecule has 2 aromatic rings. The molecule has 2 nitrogen and oxygen atoms in total. The molecule has 0 fully saturated rings. The Bertz CT molecular complexity index is 526. The van der Waals surface area contributed by atoms with Gasteiger partial charge in [0.25, 0.3) is 0 Å². The van der Waals surface area contributed by atoms with Gasteiger partial charge in [0.05, 0.1) is 5.69 Å². The van der Waals surface area contributed by atoms with Crippen LogP contribution in [-0.4, -0.2) is 4.98 Å². The lowest BCUT2D eigenvalue weighted by molar-refractivity contribution is 0.282. The van der Waals surface area contributed by atoms with Gasteiger partial charge in [-0.1, -0.05) is 13.8 Å². The van der Waals surface area contributed by atoms with E-state index in [-0.39, 0.29) is 11.5 Å². The van der Waals surface area contributed by atoms with Crippen molar-refractivity contribution in [3.8, 4) is 10.6 Å². The van der Waals surface area contributed by atoms with Gasteiger partial charge in [0.2, 0.25) is 0 Å². The fourth-order valence-corrected chi connectivity index (χ4v) is 4.30. The maximum absolute atomic E-state index is 6.26. The molecule has 0 aliphatic heterocycles. The number of thiazole rings is 1. The molecule has 17 heavy (non-hydrogen) atoms. The van der Waals surface area contributed by atoms with E-state index in [0.717, 1.165) is 17.8 Å². The third-order valence-corrected chi connectivity index (χ3v) is 5.21. The van der Waals surface area contributed by atoms with Crippen molar-refractivity contribution in [3.05, 3.63) is 27.4 Å². The molecule has 1 aliphatic rings.